The molecule has 2 heteroatoms. The van der Waals surface area contributed by atoms with Crippen molar-refractivity contribution in [2.24, 2.45) is 0 Å². The van der Waals surface area contributed by atoms with Crippen molar-refractivity contribution in [1.29, 1.82) is 0 Å². The van der Waals surface area contributed by atoms with Crippen LogP contribution in [0.4, 0.5) is 5.69 Å². The minimum absolute atomic E-state index is 1.07. The summed E-state index contributed by atoms with van der Waals surface area (Å²) in [6.07, 6.45) is 0. The van der Waals surface area contributed by atoms with Gasteiger partial charge in [0.1, 0.15) is 0 Å². The Morgan fingerprint density at radius 2 is 1.91 bits per heavy atom. The van der Waals surface area contributed by atoms with Gasteiger partial charge in [-0.15, -0.1) is 0 Å². The van der Waals surface area contributed by atoms with Gasteiger partial charge in [-0.3, -0.25) is 4.98 Å². The zero-order chi connectivity index (χ0) is 8.43. The molecule has 1 rings (SSSR count). The lowest BCUT2D eigenvalue weighted by molar-refractivity contribution is 1.10. The Labute approximate surface area is 67.7 Å². The molecule has 0 aliphatic heterocycles. The van der Waals surface area contributed by atoms with E-state index in [1.165, 1.54) is 5.56 Å². The molecule has 2 nitrogen and oxygen atoms in total. The van der Waals surface area contributed by atoms with Crippen molar-refractivity contribution < 1.29 is 0 Å². The summed E-state index contributed by atoms with van der Waals surface area (Å²) in [5.41, 5.74) is 4.57. The molecule has 0 bridgehead atoms. The van der Waals surface area contributed by atoms with Gasteiger partial charge >= 0.3 is 0 Å². The van der Waals surface area contributed by atoms with Crippen molar-refractivity contribution >= 4 is 5.69 Å². The molecule has 0 saturated carbocycles. The average Bonchev–Trinajstić information content (AvgIpc) is 1.85. The number of aromatic nitrogens is 1. The highest BCUT2D eigenvalue weighted by atomic mass is 14.9. The predicted molar refractivity (Wildman–Crippen MR) is 48.0 cm³/mol. The number of aryl methyl sites for hydroxylation is 3. The third-order valence-corrected chi connectivity index (χ3v) is 1.78. The number of pyridine rings is 1. The first-order valence-corrected chi connectivity index (χ1v) is 3.77. The van der Waals surface area contributed by atoms with Gasteiger partial charge in [-0.2, -0.15) is 0 Å². The summed E-state index contributed by atoms with van der Waals surface area (Å²) in [6, 6.07) is 2.08. The molecule has 1 N–H and O–H groups in total. The Kier molecular flexibility index (Phi) is 2.13. The summed E-state index contributed by atoms with van der Waals surface area (Å²) >= 11 is 0. The lowest BCUT2D eigenvalue weighted by Gasteiger charge is -2.08. The third kappa shape index (κ3) is 1.50. The molecule has 1 aromatic rings. The molecule has 0 aliphatic carbocycles. The molecule has 0 fully saturated rings. The fraction of sp³-hybridized carbons (Fsp3) is 0.444. The maximum absolute atomic E-state index is 4.34. The Balaban J connectivity index is 3.25. The molecule has 0 saturated heterocycles. The van der Waals surface area contributed by atoms with E-state index in [1.54, 1.807) is 0 Å². The largest absolute Gasteiger partial charge is 0.386 e. The molecule has 11 heavy (non-hydrogen) atoms. The first-order valence-electron chi connectivity index (χ1n) is 3.77. The van der Waals surface area contributed by atoms with Gasteiger partial charge in [0.2, 0.25) is 0 Å². The molecule has 0 radical (unpaired) electrons. The summed E-state index contributed by atoms with van der Waals surface area (Å²) in [7, 11) is 1.92. The van der Waals surface area contributed by atoms with E-state index in [-0.39, 0.29) is 0 Å². The number of nitrogens with zero attached hydrogens (tertiary/aromatic N) is 1. The van der Waals surface area contributed by atoms with E-state index >= 15 is 0 Å². The van der Waals surface area contributed by atoms with Gasteiger partial charge in [-0.1, -0.05) is 0 Å². The first kappa shape index (κ1) is 8.05. The van der Waals surface area contributed by atoms with Crippen LogP contribution in [0.5, 0.6) is 0 Å². The van der Waals surface area contributed by atoms with E-state index in [0.29, 0.717) is 0 Å². The summed E-state index contributed by atoms with van der Waals surface area (Å²) in [5, 5.41) is 3.13. The fourth-order valence-corrected chi connectivity index (χ4v) is 1.40. The number of nitrogens with one attached hydrogen (secondary N) is 1. The standard InChI is InChI=1S/C9H14N2/c1-6-5-7(2)11-8(3)9(6)10-4/h5,10H,1-4H3. The molecule has 0 unspecified atom stereocenters. The van der Waals surface area contributed by atoms with Crippen LogP contribution < -0.4 is 5.32 Å². The normalized spacial score (nSPS) is 9.82. The second kappa shape index (κ2) is 2.91. The fourth-order valence-electron chi connectivity index (χ4n) is 1.40. The van der Waals surface area contributed by atoms with Crippen molar-refractivity contribution in [1.82, 2.24) is 4.98 Å². The van der Waals surface area contributed by atoms with Gasteiger partial charge in [0, 0.05) is 12.7 Å². The second-order valence-electron chi connectivity index (χ2n) is 2.79. The monoisotopic (exact) mass is 150 g/mol. The molecule has 0 atom stereocenters. The maximum Gasteiger partial charge on any atom is 0.0609 e. The van der Waals surface area contributed by atoms with Crippen molar-refractivity contribution in [2.45, 2.75) is 20.8 Å². The topological polar surface area (TPSA) is 24.9 Å². The van der Waals surface area contributed by atoms with E-state index in [9.17, 15) is 0 Å². The van der Waals surface area contributed by atoms with E-state index in [0.717, 1.165) is 17.1 Å². The minimum atomic E-state index is 1.07. The molecular weight excluding hydrogens is 136 g/mol. The predicted octanol–water partition coefficient (Wildman–Crippen LogP) is 2.05. The first-order chi connectivity index (χ1) is 5.15. The SMILES string of the molecule is CNc1c(C)cc(C)nc1C. The number of hydrogen-bond donors (Lipinski definition) is 1. The second-order valence-corrected chi connectivity index (χ2v) is 2.79. The quantitative estimate of drug-likeness (QED) is 0.662. The Morgan fingerprint density at radius 1 is 1.27 bits per heavy atom. The van der Waals surface area contributed by atoms with Crippen LogP contribution >= 0.6 is 0 Å². The van der Waals surface area contributed by atoms with Gasteiger partial charge in [0.25, 0.3) is 0 Å². The summed E-state index contributed by atoms with van der Waals surface area (Å²) in [4.78, 5) is 4.34. The van der Waals surface area contributed by atoms with Crippen LogP contribution in [-0.2, 0) is 0 Å². The number of rotatable bonds is 1. The lowest BCUT2D eigenvalue weighted by Crippen LogP contribution is -1.98. The van der Waals surface area contributed by atoms with Crippen LogP contribution in [0.1, 0.15) is 17.0 Å². The van der Waals surface area contributed by atoms with Gasteiger partial charge in [-0.25, -0.2) is 0 Å². The number of anilines is 1. The summed E-state index contributed by atoms with van der Waals surface area (Å²) < 4.78 is 0. The summed E-state index contributed by atoms with van der Waals surface area (Å²) in [5.74, 6) is 0. The van der Waals surface area contributed by atoms with Crippen LogP contribution in [0.3, 0.4) is 0 Å². The molecule has 0 amide bonds. The summed E-state index contributed by atoms with van der Waals surface area (Å²) in [6.45, 7) is 6.12. The molecular formula is C9H14N2. The zero-order valence-electron chi connectivity index (χ0n) is 7.52. The lowest BCUT2D eigenvalue weighted by atomic mass is 10.2. The third-order valence-electron chi connectivity index (χ3n) is 1.78. The van der Waals surface area contributed by atoms with Crippen molar-refractivity contribution in [2.75, 3.05) is 12.4 Å². The van der Waals surface area contributed by atoms with Gasteiger partial charge < -0.3 is 5.32 Å². The molecule has 1 aromatic heterocycles. The Bertz CT molecular complexity index is 243. The van der Waals surface area contributed by atoms with Crippen molar-refractivity contribution in [3.63, 3.8) is 0 Å². The van der Waals surface area contributed by atoms with Crippen LogP contribution in [0.15, 0.2) is 6.07 Å². The Hall–Kier alpha value is -1.05. The maximum atomic E-state index is 4.34. The van der Waals surface area contributed by atoms with E-state index in [1.807, 2.05) is 20.9 Å². The van der Waals surface area contributed by atoms with E-state index in [4.69, 9.17) is 0 Å². The van der Waals surface area contributed by atoms with Gasteiger partial charge in [0.05, 0.1) is 11.4 Å². The van der Waals surface area contributed by atoms with Crippen LogP contribution in [0.2, 0.25) is 0 Å². The highest BCUT2D eigenvalue weighted by molar-refractivity contribution is 5.53. The average molecular weight is 150 g/mol. The van der Waals surface area contributed by atoms with Gasteiger partial charge in [-0.05, 0) is 32.4 Å². The Morgan fingerprint density at radius 3 is 2.36 bits per heavy atom. The molecule has 0 aromatic carbocycles. The molecule has 1 heterocycles. The zero-order valence-corrected chi connectivity index (χ0v) is 7.52. The van der Waals surface area contributed by atoms with Crippen LogP contribution in [0, 0.1) is 20.8 Å². The molecule has 0 aliphatic rings. The van der Waals surface area contributed by atoms with E-state index < -0.39 is 0 Å². The van der Waals surface area contributed by atoms with Crippen molar-refractivity contribution in [3.05, 3.63) is 23.0 Å². The van der Waals surface area contributed by atoms with Crippen molar-refractivity contribution in [3.8, 4) is 0 Å². The van der Waals surface area contributed by atoms with Crippen LogP contribution in [-0.4, -0.2) is 12.0 Å². The molecule has 60 valence electrons. The van der Waals surface area contributed by atoms with E-state index in [2.05, 4.69) is 23.3 Å². The highest BCUT2D eigenvalue weighted by Gasteiger charge is 2.01. The minimum Gasteiger partial charge on any atom is -0.386 e. The molecule has 0 spiro atoms. The smallest absolute Gasteiger partial charge is 0.0609 e. The highest BCUT2D eigenvalue weighted by Crippen LogP contribution is 2.17. The number of hydrogen-bond acceptors (Lipinski definition) is 2. The van der Waals surface area contributed by atoms with Crippen LogP contribution in [0.25, 0.3) is 0 Å². The van der Waals surface area contributed by atoms with Gasteiger partial charge in [0.15, 0.2) is 0 Å².